The van der Waals surface area contributed by atoms with E-state index in [1.54, 1.807) is 0 Å². The van der Waals surface area contributed by atoms with E-state index in [4.69, 9.17) is 0 Å². The lowest BCUT2D eigenvalue weighted by molar-refractivity contribution is 0.754. The third-order valence-electron chi connectivity index (χ3n) is 2.64. The SMILES string of the molecule is CC1=CN([Si](C)c2ccccc2)C=CC1. The highest BCUT2D eigenvalue weighted by Crippen LogP contribution is 2.12. The molecular weight excluding hydrogens is 198 g/mol. The molecule has 0 atom stereocenters. The summed E-state index contributed by atoms with van der Waals surface area (Å²) in [6.07, 6.45) is 7.84. The fourth-order valence-electron chi connectivity index (χ4n) is 1.72. The summed E-state index contributed by atoms with van der Waals surface area (Å²) in [6.45, 7) is 4.52. The van der Waals surface area contributed by atoms with Crippen LogP contribution < -0.4 is 5.19 Å². The van der Waals surface area contributed by atoms with Gasteiger partial charge in [-0.25, -0.2) is 0 Å². The molecule has 1 aliphatic heterocycles. The number of rotatable bonds is 2. The van der Waals surface area contributed by atoms with Crippen LogP contribution in [0.15, 0.2) is 54.4 Å². The maximum atomic E-state index is 2.37. The molecule has 2 heteroatoms. The second-order valence-corrected chi connectivity index (χ2v) is 6.19. The Morgan fingerprint density at radius 2 is 1.93 bits per heavy atom. The highest BCUT2D eigenvalue weighted by molar-refractivity contribution is 6.69. The molecule has 0 spiro atoms. The van der Waals surface area contributed by atoms with E-state index in [0.717, 1.165) is 6.42 Å². The largest absolute Gasteiger partial charge is 0.376 e. The van der Waals surface area contributed by atoms with Crippen LogP contribution in [0.4, 0.5) is 0 Å². The Morgan fingerprint density at radius 3 is 2.60 bits per heavy atom. The van der Waals surface area contributed by atoms with Gasteiger partial charge in [0.2, 0.25) is 8.96 Å². The van der Waals surface area contributed by atoms with Gasteiger partial charge >= 0.3 is 0 Å². The molecule has 0 fully saturated rings. The lowest BCUT2D eigenvalue weighted by Crippen LogP contribution is -2.40. The topological polar surface area (TPSA) is 3.24 Å². The molecule has 0 aromatic heterocycles. The van der Waals surface area contributed by atoms with E-state index in [2.05, 4.69) is 66.8 Å². The number of hydrogen-bond acceptors (Lipinski definition) is 1. The van der Waals surface area contributed by atoms with Crippen molar-refractivity contribution in [2.45, 2.75) is 19.9 Å². The Hall–Kier alpha value is -1.28. The van der Waals surface area contributed by atoms with E-state index in [0.29, 0.717) is 0 Å². The average molecular weight is 214 g/mol. The molecule has 1 radical (unpaired) electrons. The molecule has 0 amide bonds. The molecule has 0 unspecified atom stereocenters. The summed E-state index contributed by atoms with van der Waals surface area (Å²) in [7, 11) is -0.630. The van der Waals surface area contributed by atoms with Crippen molar-refractivity contribution in [2.24, 2.45) is 0 Å². The number of nitrogens with zero attached hydrogens (tertiary/aromatic N) is 1. The van der Waals surface area contributed by atoms with Crippen LogP contribution in [0, 0.1) is 0 Å². The molecule has 1 aliphatic rings. The molecule has 0 saturated carbocycles. The summed E-state index contributed by atoms with van der Waals surface area (Å²) in [4.78, 5) is 0. The van der Waals surface area contributed by atoms with Gasteiger partial charge in [-0.3, -0.25) is 0 Å². The van der Waals surface area contributed by atoms with Gasteiger partial charge in [0.15, 0.2) is 0 Å². The summed E-state index contributed by atoms with van der Waals surface area (Å²) in [5, 5.41) is 1.46. The van der Waals surface area contributed by atoms with Crippen molar-refractivity contribution in [1.82, 2.24) is 4.57 Å². The van der Waals surface area contributed by atoms with Crippen molar-refractivity contribution < 1.29 is 0 Å². The molecule has 0 N–H and O–H groups in total. The number of benzene rings is 1. The van der Waals surface area contributed by atoms with E-state index < -0.39 is 8.96 Å². The van der Waals surface area contributed by atoms with Gasteiger partial charge in [-0.1, -0.05) is 42.0 Å². The normalized spacial score (nSPS) is 15.7. The average Bonchev–Trinajstić information content (AvgIpc) is 2.29. The first kappa shape index (κ1) is 10.2. The van der Waals surface area contributed by atoms with Crippen molar-refractivity contribution in [3.05, 3.63) is 54.4 Å². The maximum Gasteiger partial charge on any atom is 0.206 e. The van der Waals surface area contributed by atoms with Crippen LogP contribution >= 0.6 is 0 Å². The molecule has 0 aliphatic carbocycles. The van der Waals surface area contributed by atoms with Crippen molar-refractivity contribution in [3.8, 4) is 0 Å². The summed E-state index contributed by atoms with van der Waals surface area (Å²) < 4.78 is 2.37. The molecule has 0 bridgehead atoms. The molecule has 2 rings (SSSR count). The molecular formula is C13H16NSi. The third-order valence-corrected chi connectivity index (χ3v) is 4.87. The molecule has 1 aromatic carbocycles. The van der Waals surface area contributed by atoms with Crippen LogP contribution in [0.25, 0.3) is 0 Å². The fourth-order valence-corrected chi connectivity index (χ4v) is 3.44. The zero-order valence-electron chi connectivity index (χ0n) is 9.27. The smallest absolute Gasteiger partial charge is 0.206 e. The predicted octanol–water partition coefficient (Wildman–Crippen LogP) is 2.64. The second-order valence-electron chi connectivity index (χ2n) is 3.92. The van der Waals surface area contributed by atoms with E-state index in [9.17, 15) is 0 Å². The molecule has 15 heavy (non-hydrogen) atoms. The van der Waals surface area contributed by atoms with Gasteiger partial charge in [0.25, 0.3) is 0 Å². The zero-order valence-corrected chi connectivity index (χ0v) is 10.3. The van der Waals surface area contributed by atoms with Crippen LogP contribution in [-0.2, 0) is 0 Å². The van der Waals surface area contributed by atoms with Gasteiger partial charge in [-0.15, -0.1) is 0 Å². The lowest BCUT2D eigenvalue weighted by Gasteiger charge is -2.26. The van der Waals surface area contributed by atoms with Gasteiger partial charge in [0.1, 0.15) is 0 Å². The highest BCUT2D eigenvalue weighted by Gasteiger charge is 2.14. The van der Waals surface area contributed by atoms with Gasteiger partial charge in [-0.05, 0) is 37.5 Å². The first-order chi connectivity index (χ1) is 7.27. The molecule has 1 heterocycles. The number of allylic oxidation sites excluding steroid dienone is 2. The van der Waals surface area contributed by atoms with Crippen LogP contribution in [0.5, 0.6) is 0 Å². The Kier molecular flexibility index (Phi) is 3.07. The second kappa shape index (κ2) is 4.49. The molecule has 1 aromatic rings. The van der Waals surface area contributed by atoms with Gasteiger partial charge in [-0.2, -0.15) is 0 Å². The van der Waals surface area contributed by atoms with Gasteiger partial charge in [0, 0.05) is 0 Å². The summed E-state index contributed by atoms with van der Waals surface area (Å²) >= 11 is 0. The first-order valence-corrected chi connectivity index (χ1v) is 7.23. The van der Waals surface area contributed by atoms with Crippen LogP contribution in [0.1, 0.15) is 13.3 Å². The Bertz CT molecular complexity index is 381. The summed E-state index contributed by atoms with van der Waals surface area (Å²) in [5.74, 6) is 0. The molecule has 0 saturated heterocycles. The predicted molar refractivity (Wildman–Crippen MR) is 67.0 cm³/mol. The van der Waals surface area contributed by atoms with E-state index in [-0.39, 0.29) is 0 Å². The van der Waals surface area contributed by atoms with Gasteiger partial charge in [0.05, 0.1) is 0 Å². The fraction of sp³-hybridized carbons (Fsp3) is 0.231. The van der Waals surface area contributed by atoms with Gasteiger partial charge < -0.3 is 4.57 Å². The monoisotopic (exact) mass is 214 g/mol. The van der Waals surface area contributed by atoms with E-state index in [1.165, 1.54) is 10.8 Å². The Balaban J connectivity index is 2.18. The summed E-state index contributed by atoms with van der Waals surface area (Å²) in [6, 6.07) is 10.8. The maximum absolute atomic E-state index is 2.37. The van der Waals surface area contributed by atoms with E-state index in [1.807, 2.05) is 0 Å². The quantitative estimate of drug-likeness (QED) is 0.684. The van der Waals surface area contributed by atoms with E-state index >= 15 is 0 Å². The number of hydrogen-bond donors (Lipinski definition) is 0. The molecule has 1 nitrogen and oxygen atoms in total. The minimum Gasteiger partial charge on any atom is -0.376 e. The molecule has 77 valence electrons. The van der Waals surface area contributed by atoms with Crippen LogP contribution in [0.2, 0.25) is 6.55 Å². The lowest BCUT2D eigenvalue weighted by atomic mass is 10.2. The third kappa shape index (κ3) is 2.39. The van der Waals surface area contributed by atoms with Crippen molar-refractivity contribution >= 4 is 14.1 Å². The minimum atomic E-state index is -0.630. The zero-order chi connectivity index (χ0) is 10.7. The Labute approximate surface area is 93.4 Å². The van der Waals surface area contributed by atoms with Crippen molar-refractivity contribution in [3.63, 3.8) is 0 Å². The Morgan fingerprint density at radius 1 is 1.20 bits per heavy atom. The van der Waals surface area contributed by atoms with Crippen molar-refractivity contribution in [2.75, 3.05) is 0 Å². The standard InChI is InChI=1S/C13H16NSi/c1-12-7-6-10-14(11-12)15(2)13-8-4-3-5-9-13/h3-6,8-11H,7H2,1-2H3. The highest BCUT2D eigenvalue weighted by atomic mass is 28.3. The minimum absolute atomic E-state index is 0.630. The summed E-state index contributed by atoms with van der Waals surface area (Å²) in [5.41, 5.74) is 1.44. The first-order valence-electron chi connectivity index (χ1n) is 5.28. The van der Waals surface area contributed by atoms with Crippen LogP contribution in [-0.4, -0.2) is 13.5 Å². The van der Waals surface area contributed by atoms with Crippen LogP contribution in [0.3, 0.4) is 0 Å². The van der Waals surface area contributed by atoms with Crippen molar-refractivity contribution in [1.29, 1.82) is 0 Å².